The monoisotopic (exact) mass is 281 g/mol. The van der Waals surface area contributed by atoms with Gasteiger partial charge in [-0.1, -0.05) is 6.92 Å². The molecular formula is C16H19N5. The van der Waals surface area contributed by atoms with Crippen molar-refractivity contribution in [2.75, 3.05) is 5.32 Å². The molecule has 3 aromatic rings. The van der Waals surface area contributed by atoms with Gasteiger partial charge in [0, 0.05) is 11.9 Å². The van der Waals surface area contributed by atoms with Gasteiger partial charge in [0.2, 0.25) is 0 Å². The number of rotatable bonds is 3. The third-order valence-electron chi connectivity index (χ3n) is 3.92. The molecule has 0 aliphatic heterocycles. The summed E-state index contributed by atoms with van der Waals surface area (Å²) in [6.45, 7) is 8.36. The molecule has 0 radical (unpaired) electrons. The maximum absolute atomic E-state index is 4.42. The first kappa shape index (κ1) is 13.5. The molecule has 0 aromatic carbocycles. The van der Waals surface area contributed by atoms with Crippen molar-refractivity contribution in [1.82, 2.24) is 19.9 Å². The van der Waals surface area contributed by atoms with Crippen molar-refractivity contribution in [3.8, 4) is 0 Å². The SMILES string of the molecule is CCc1[nH]c2ncnc(Nc3cc(C)c(C)cn3)c2c1C. The Kier molecular flexibility index (Phi) is 3.33. The third kappa shape index (κ3) is 2.35. The van der Waals surface area contributed by atoms with Crippen LogP contribution in [0.3, 0.4) is 0 Å². The summed E-state index contributed by atoms with van der Waals surface area (Å²) < 4.78 is 0. The summed E-state index contributed by atoms with van der Waals surface area (Å²) in [4.78, 5) is 16.5. The highest BCUT2D eigenvalue weighted by Crippen LogP contribution is 2.28. The van der Waals surface area contributed by atoms with Crippen LogP contribution in [0.5, 0.6) is 0 Å². The van der Waals surface area contributed by atoms with Crippen LogP contribution in [0.15, 0.2) is 18.6 Å². The molecule has 0 aliphatic rings. The minimum atomic E-state index is 0.796. The molecule has 0 amide bonds. The number of hydrogen-bond acceptors (Lipinski definition) is 4. The van der Waals surface area contributed by atoms with E-state index in [2.05, 4.69) is 52.9 Å². The van der Waals surface area contributed by atoms with Crippen LogP contribution in [0.4, 0.5) is 11.6 Å². The van der Waals surface area contributed by atoms with Crippen molar-refractivity contribution in [2.24, 2.45) is 0 Å². The van der Waals surface area contributed by atoms with Gasteiger partial charge in [-0.15, -0.1) is 0 Å². The Morgan fingerprint density at radius 3 is 2.62 bits per heavy atom. The molecule has 3 aromatic heterocycles. The van der Waals surface area contributed by atoms with E-state index < -0.39 is 0 Å². The van der Waals surface area contributed by atoms with E-state index >= 15 is 0 Å². The molecule has 3 rings (SSSR count). The highest BCUT2D eigenvalue weighted by molar-refractivity contribution is 5.92. The molecule has 0 saturated carbocycles. The average molecular weight is 281 g/mol. The molecule has 21 heavy (non-hydrogen) atoms. The summed E-state index contributed by atoms with van der Waals surface area (Å²) in [5.41, 5.74) is 5.64. The maximum atomic E-state index is 4.42. The van der Waals surface area contributed by atoms with E-state index in [0.717, 1.165) is 29.1 Å². The average Bonchev–Trinajstić information content (AvgIpc) is 2.80. The van der Waals surface area contributed by atoms with E-state index in [1.54, 1.807) is 6.33 Å². The van der Waals surface area contributed by atoms with Crippen molar-refractivity contribution < 1.29 is 0 Å². The zero-order valence-corrected chi connectivity index (χ0v) is 12.8. The molecule has 0 spiro atoms. The summed E-state index contributed by atoms with van der Waals surface area (Å²) in [6.07, 6.45) is 4.39. The number of fused-ring (bicyclic) bond motifs is 1. The second kappa shape index (κ2) is 5.16. The zero-order valence-electron chi connectivity index (χ0n) is 12.8. The van der Waals surface area contributed by atoms with Gasteiger partial charge in [-0.25, -0.2) is 15.0 Å². The maximum Gasteiger partial charge on any atom is 0.144 e. The predicted molar refractivity (Wildman–Crippen MR) is 85.0 cm³/mol. The van der Waals surface area contributed by atoms with Gasteiger partial charge in [0.15, 0.2) is 0 Å². The predicted octanol–water partition coefficient (Wildman–Crippen LogP) is 3.58. The van der Waals surface area contributed by atoms with Crippen molar-refractivity contribution in [2.45, 2.75) is 34.1 Å². The third-order valence-corrected chi connectivity index (χ3v) is 3.92. The summed E-state index contributed by atoms with van der Waals surface area (Å²) in [5.74, 6) is 1.60. The largest absolute Gasteiger partial charge is 0.343 e. The number of nitrogens with one attached hydrogen (secondary N) is 2. The quantitative estimate of drug-likeness (QED) is 0.770. The first-order valence-corrected chi connectivity index (χ1v) is 7.12. The van der Waals surface area contributed by atoms with Gasteiger partial charge in [-0.2, -0.15) is 0 Å². The van der Waals surface area contributed by atoms with E-state index in [-0.39, 0.29) is 0 Å². The van der Waals surface area contributed by atoms with Crippen LogP contribution < -0.4 is 5.32 Å². The molecule has 0 atom stereocenters. The zero-order chi connectivity index (χ0) is 15.0. The van der Waals surface area contributed by atoms with Crippen molar-refractivity contribution in [3.63, 3.8) is 0 Å². The number of nitrogens with zero attached hydrogens (tertiary/aromatic N) is 3. The first-order valence-electron chi connectivity index (χ1n) is 7.12. The summed E-state index contributed by atoms with van der Waals surface area (Å²) in [7, 11) is 0. The van der Waals surface area contributed by atoms with Gasteiger partial charge in [-0.3, -0.25) is 0 Å². The fraction of sp³-hybridized carbons (Fsp3) is 0.312. The molecule has 0 fully saturated rings. The van der Waals surface area contributed by atoms with Crippen molar-refractivity contribution >= 4 is 22.7 Å². The lowest BCUT2D eigenvalue weighted by Gasteiger charge is -2.08. The second-order valence-corrected chi connectivity index (χ2v) is 5.31. The summed E-state index contributed by atoms with van der Waals surface area (Å²) >= 11 is 0. The van der Waals surface area contributed by atoms with Crippen LogP contribution in [0.1, 0.15) is 29.3 Å². The molecule has 108 valence electrons. The molecule has 0 saturated heterocycles. The summed E-state index contributed by atoms with van der Waals surface area (Å²) in [5, 5.41) is 4.35. The fourth-order valence-electron chi connectivity index (χ4n) is 2.49. The molecule has 0 unspecified atom stereocenters. The van der Waals surface area contributed by atoms with E-state index in [1.807, 2.05) is 12.3 Å². The Bertz CT molecular complexity index is 804. The molecule has 2 N–H and O–H groups in total. The molecule has 0 bridgehead atoms. The molecular weight excluding hydrogens is 262 g/mol. The van der Waals surface area contributed by atoms with Crippen LogP contribution in [0.2, 0.25) is 0 Å². The Hall–Kier alpha value is -2.43. The Balaban J connectivity index is 2.07. The standard InChI is InChI=1S/C16H19N5/c1-5-12-11(4)14-15(20-12)18-8-19-16(14)21-13-6-9(2)10(3)7-17-13/h6-8H,5H2,1-4H3,(H2,17,18,19,20,21). The number of pyridine rings is 1. The topological polar surface area (TPSA) is 66.5 Å². The van der Waals surface area contributed by atoms with Crippen molar-refractivity contribution in [1.29, 1.82) is 0 Å². The van der Waals surface area contributed by atoms with E-state index in [1.165, 1.54) is 22.4 Å². The minimum Gasteiger partial charge on any atom is -0.343 e. The Morgan fingerprint density at radius 2 is 1.90 bits per heavy atom. The van der Waals surface area contributed by atoms with Gasteiger partial charge >= 0.3 is 0 Å². The smallest absolute Gasteiger partial charge is 0.144 e. The lowest BCUT2D eigenvalue weighted by Crippen LogP contribution is -1.99. The van der Waals surface area contributed by atoms with E-state index in [0.29, 0.717) is 0 Å². The fourth-order valence-corrected chi connectivity index (χ4v) is 2.49. The number of anilines is 2. The molecule has 3 heterocycles. The molecule has 0 aliphatic carbocycles. The van der Waals surface area contributed by atoms with Crippen molar-refractivity contribution in [3.05, 3.63) is 41.0 Å². The van der Waals surface area contributed by atoms with Crippen LogP contribution in [0, 0.1) is 20.8 Å². The van der Waals surface area contributed by atoms with Gasteiger partial charge < -0.3 is 10.3 Å². The highest BCUT2D eigenvalue weighted by Gasteiger charge is 2.13. The van der Waals surface area contributed by atoms with Crippen LogP contribution >= 0.6 is 0 Å². The van der Waals surface area contributed by atoms with Crippen LogP contribution in [0.25, 0.3) is 11.0 Å². The number of aryl methyl sites for hydroxylation is 4. The van der Waals surface area contributed by atoms with Crippen LogP contribution in [-0.4, -0.2) is 19.9 Å². The number of aromatic amines is 1. The van der Waals surface area contributed by atoms with E-state index in [4.69, 9.17) is 0 Å². The van der Waals surface area contributed by atoms with E-state index in [9.17, 15) is 0 Å². The van der Waals surface area contributed by atoms with Crippen LogP contribution in [-0.2, 0) is 6.42 Å². The summed E-state index contributed by atoms with van der Waals surface area (Å²) in [6, 6.07) is 2.03. The Labute approximate surface area is 123 Å². The van der Waals surface area contributed by atoms with Gasteiger partial charge in [0.25, 0.3) is 0 Å². The number of hydrogen-bond donors (Lipinski definition) is 2. The molecule has 5 heteroatoms. The van der Waals surface area contributed by atoms with Gasteiger partial charge in [0.1, 0.15) is 23.6 Å². The normalized spacial score (nSPS) is 11.0. The molecule has 5 nitrogen and oxygen atoms in total. The number of H-pyrrole nitrogens is 1. The highest BCUT2D eigenvalue weighted by atomic mass is 15.1. The Morgan fingerprint density at radius 1 is 1.10 bits per heavy atom. The lowest BCUT2D eigenvalue weighted by atomic mass is 10.1. The lowest BCUT2D eigenvalue weighted by molar-refractivity contribution is 1.05. The number of aromatic nitrogens is 4. The van der Waals surface area contributed by atoms with Gasteiger partial charge in [-0.05, 0) is 49.9 Å². The van der Waals surface area contributed by atoms with Gasteiger partial charge in [0.05, 0.1) is 5.39 Å². The first-order chi connectivity index (χ1) is 10.1. The second-order valence-electron chi connectivity index (χ2n) is 5.31. The minimum absolute atomic E-state index is 0.796.